The van der Waals surface area contributed by atoms with Gasteiger partial charge in [-0.15, -0.1) is 0 Å². The van der Waals surface area contributed by atoms with Gasteiger partial charge in [-0.05, 0) is 36.4 Å². The van der Waals surface area contributed by atoms with Crippen LogP contribution in [0.1, 0.15) is 17.0 Å². The fourth-order valence-corrected chi connectivity index (χ4v) is 2.49. The molecule has 0 saturated carbocycles. The lowest BCUT2D eigenvalue weighted by Gasteiger charge is -2.15. The van der Waals surface area contributed by atoms with Gasteiger partial charge < -0.3 is 4.42 Å². The summed E-state index contributed by atoms with van der Waals surface area (Å²) in [5.41, 5.74) is 5.44. The first-order valence-corrected chi connectivity index (χ1v) is 7.57. The van der Waals surface area contributed by atoms with Crippen LogP contribution < -0.4 is 15.8 Å². The van der Waals surface area contributed by atoms with Crippen molar-refractivity contribution in [3.05, 3.63) is 52.9 Å². The van der Waals surface area contributed by atoms with E-state index in [9.17, 15) is 14.4 Å². The molecule has 2 aromatic rings. The number of furan rings is 1. The van der Waals surface area contributed by atoms with E-state index in [-0.39, 0.29) is 18.1 Å². The van der Waals surface area contributed by atoms with Crippen molar-refractivity contribution < 1.29 is 18.8 Å². The van der Waals surface area contributed by atoms with Crippen LogP contribution in [0.15, 0.2) is 51.6 Å². The van der Waals surface area contributed by atoms with Gasteiger partial charge in [0.1, 0.15) is 6.04 Å². The fourth-order valence-electron chi connectivity index (χ4n) is 2.23. The third kappa shape index (κ3) is 3.17. The number of hydrogen-bond donors (Lipinski definition) is 2. The first kappa shape index (κ1) is 15.4. The highest BCUT2D eigenvalue weighted by Gasteiger charge is 2.39. The lowest BCUT2D eigenvalue weighted by atomic mass is 10.2. The predicted octanol–water partition coefficient (Wildman–Crippen LogP) is 1.61. The number of carbonyl (C=O) groups excluding carboxylic acids is 3. The van der Waals surface area contributed by atoms with E-state index in [2.05, 4.69) is 26.8 Å². The Bertz CT molecular complexity index is 743. The van der Waals surface area contributed by atoms with E-state index in [0.29, 0.717) is 5.69 Å². The topological polar surface area (TPSA) is 91.7 Å². The average molecular weight is 378 g/mol. The smallest absolute Gasteiger partial charge is 0.301 e. The molecular formula is C15H12BrN3O4. The van der Waals surface area contributed by atoms with Crippen LogP contribution in [0.4, 0.5) is 5.69 Å². The number of benzene rings is 1. The summed E-state index contributed by atoms with van der Waals surface area (Å²) in [6, 6.07) is 9.09. The van der Waals surface area contributed by atoms with Gasteiger partial charge in [0.05, 0.1) is 18.4 Å². The van der Waals surface area contributed by atoms with E-state index in [1.165, 1.54) is 12.3 Å². The molecule has 23 heavy (non-hydrogen) atoms. The van der Waals surface area contributed by atoms with Gasteiger partial charge in [0.2, 0.25) is 5.91 Å². The number of anilines is 1. The molecule has 8 heteroatoms. The van der Waals surface area contributed by atoms with E-state index in [1.807, 2.05) is 0 Å². The third-order valence-electron chi connectivity index (χ3n) is 3.34. The minimum absolute atomic E-state index is 0.0344. The molecule has 0 spiro atoms. The second kappa shape index (κ2) is 6.35. The Labute approximate surface area is 139 Å². The van der Waals surface area contributed by atoms with Crippen LogP contribution in [0.25, 0.3) is 0 Å². The molecule has 1 saturated heterocycles. The summed E-state index contributed by atoms with van der Waals surface area (Å²) < 4.78 is 5.79. The van der Waals surface area contributed by atoms with Crippen molar-refractivity contribution in [3.8, 4) is 0 Å². The molecule has 3 amide bonds. The predicted molar refractivity (Wildman–Crippen MR) is 84.3 cm³/mol. The standard InChI is InChI=1S/C15H12BrN3O4/c16-9-3-5-10(6-4-9)19-13(20)8-11(15(19)22)17-18-14(21)12-2-1-7-23-12/h1-7,11,17H,8H2,(H,18,21)/t11-/m1/s1. The molecule has 0 unspecified atom stereocenters. The second-order valence-corrected chi connectivity index (χ2v) is 5.79. The summed E-state index contributed by atoms with van der Waals surface area (Å²) >= 11 is 3.30. The van der Waals surface area contributed by atoms with Crippen molar-refractivity contribution in [2.24, 2.45) is 0 Å². The molecule has 1 fully saturated rings. The van der Waals surface area contributed by atoms with Crippen LogP contribution in [-0.2, 0) is 9.59 Å². The van der Waals surface area contributed by atoms with E-state index in [4.69, 9.17) is 4.42 Å². The lowest BCUT2D eigenvalue weighted by molar-refractivity contribution is -0.121. The van der Waals surface area contributed by atoms with E-state index >= 15 is 0 Å². The van der Waals surface area contributed by atoms with Crippen LogP contribution in [0.2, 0.25) is 0 Å². The Kier molecular flexibility index (Phi) is 4.26. The minimum atomic E-state index is -0.815. The van der Waals surface area contributed by atoms with Gasteiger partial charge in [0, 0.05) is 4.47 Å². The summed E-state index contributed by atoms with van der Waals surface area (Å²) in [5, 5.41) is 0. The number of amides is 3. The van der Waals surface area contributed by atoms with Gasteiger partial charge in [-0.25, -0.2) is 10.3 Å². The third-order valence-corrected chi connectivity index (χ3v) is 3.87. The molecular weight excluding hydrogens is 366 g/mol. The lowest BCUT2D eigenvalue weighted by Crippen LogP contribution is -2.48. The zero-order chi connectivity index (χ0) is 16.4. The molecule has 0 radical (unpaired) electrons. The van der Waals surface area contributed by atoms with Gasteiger partial charge in [0.15, 0.2) is 5.76 Å². The highest BCUT2D eigenvalue weighted by molar-refractivity contribution is 9.10. The molecule has 118 valence electrons. The molecule has 7 nitrogen and oxygen atoms in total. The van der Waals surface area contributed by atoms with Crippen LogP contribution in [0, 0.1) is 0 Å². The van der Waals surface area contributed by atoms with Crippen LogP contribution in [-0.4, -0.2) is 23.8 Å². The quantitative estimate of drug-likeness (QED) is 0.623. The Hall–Kier alpha value is -2.45. The highest BCUT2D eigenvalue weighted by atomic mass is 79.9. The van der Waals surface area contributed by atoms with E-state index in [0.717, 1.165) is 9.37 Å². The first-order valence-electron chi connectivity index (χ1n) is 6.78. The number of hydrogen-bond acceptors (Lipinski definition) is 5. The molecule has 3 rings (SSSR count). The normalized spacial score (nSPS) is 17.6. The molecule has 2 heterocycles. The van der Waals surface area contributed by atoms with Gasteiger partial charge in [0.25, 0.3) is 5.91 Å². The molecule has 0 bridgehead atoms. The number of imide groups is 1. The van der Waals surface area contributed by atoms with Gasteiger partial charge in [-0.1, -0.05) is 15.9 Å². The van der Waals surface area contributed by atoms with Gasteiger partial charge in [-0.2, -0.15) is 0 Å². The molecule has 1 aromatic heterocycles. The zero-order valence-corrected chi connectivity index (χ0v) is 13.4. The Morgan fingerprint density at radius 3 is 2.61 bits per heavy atom. The Morgan fingerprint density at radius 1 is 1.22 bits per heavy atom. The fraction of sp³-hybridized carbons (Fsp3) is 0.133. The maximum Gasteiger partial charge on any atom is 0.301 e. The van der Waals surface area contributed by atoms with Crippen molar-refractivity contribution in [3.63, 3.8) is 0 Å². The maximum atomic E-state index is 12.4. The summed E-state index contributed by atoms with van der Waals surface area (Å²) in [5.74, 6) is -1.16. The maximum absolute atomic E-state index is 12.4. The molecule has 1 aromatic carbocycles. The van der Waals surface area contributed by atoms with Crippen molar-refractivity contribution >= 4 is 39.3 Å². The van der Waals surface area contributed by atoms with Crippen molar-refractivity contribution in [1.82, 2.24) is 10.9 Å². The highest BCUT2D eigenvalue weighted by Crippen LogP contribution is 2.24. The molecule has 1 atom stereocenters. The first-order chi connectivity index (χ1) is 11.1. The molecule has 0 aliphatic carbocycles. The van der Waals surface area contributed by atoms with E-state index in [1.54, 1.807) is 30.3 Å². The van der Waals surface area contributed by atoms with Crippen LogP contribution in [0.3, 0.4) is 0 Å². The molecule has 1 aliphatic heterocycles. The summed E-state index contributed by atoms with van der Waals surface area (Å²) in [6.45, 7) is 0. The van der Waals surface area contributed by atoms with Gasteiger partial charge in [-0.3, -0.25) is 19.8 Å². The zero-order valence-electron chi connectivity index (χ0n) is 11.8. The van der Waals surface area contributed by atoms with Crippen LogP contribution in [0.5, 0.6) is 0 Å². The number of nitrogens with zero attached hydrogens (tertiary/aromatic N) is 1. The summed E-state index contributed by atoms with van der Waals surface area (Å²) in [7, 11) is 0. The summed E-state index contributed by atoms with van der Waals surface area (Å²) in [6.07, 6.45) is 1.34. The average Bonchev–Trinajstić information content (AvgIpc) is 3.15. The second-order valence-electron chi connectivity index (χ2n) is 4.88. The Balaban J connectivity index is 1.66. The van der Waals surface area contributed by atoms with E-state index < -0.39 is 17.9 Å². The Morgan fingerprint density at radius 2 is 1.96 bits per heavy atom. The summed E-state index contributed by atoms with van der Waals surface area (Å²) in [4.78, 5) is 37.3. The van der Waals surface area contributed by atoms with Crippen molar-refractivity contribution in [2.75, 3.05) is 4.90 Å². The number of nitrogens with one attached hydrogen (secondary N) is 2. The van der Waals surface area contributed by atoms with Crippen LogP contribution >= 0.6 is 15.9 Å². The number of hydrazine groups is 1. The number of halogens is 1. The van der Waals surface area contributed by atoms with Gasteiger partial charge >= 0.3 is 5.91 Å². The number of carbonyl (C=O) groups is 3. The minimum Gasteiger partial charge on any atom is -0.459 e. The monoisotopic (exact) mass is 377 g/mol. The van der Waals surface area contributed by atoms with Crippen molar-refractivity contribution in [1.29, 1.82) is 0 Å². The molecule has 2 N–H and O–H groups in total. The largest absolute Gasteiger partial charge is 0.459 e. The van der Waals surface area contributed by atoms with Crippen molar-refractivity contribution in [2.45, 2.75) is 12.5 Å². The molecule has 1 aliphatic rings. The number of rotatable bonds is 4. The SMILES string of the molecule is O=C(NN[C@@H]1CC(=O)N(c2ccc(Br)cc2)C1=O)c1ccco1.